The van der Waals surface area contributed by atoms with Crippen LogP contribution in [0.2, 0.25) is 0 Å². The number of nitrogens with two attached hydrogens (primary N) is 1. The van der Waals surface area contributed by atoms with E-state index in [1.165, 1.54) is 5.56 Å². The number of likely N-dealkylation sites (N-methyl/N-ethyl adjacent to an activating group) is 1. The van der Waals surface area contributed by atoms with Gasteiger partial charge in [0.2, 0.25) is 5.88 Å². The fourth-order valence-corrected chi connectivity index (χ4v) is 2.26. The predicted octanol–water partition coefficient (Wildman–Crippen LogP) is 1.95. The highest BCUT2D eigenvalue weighted by Crippen LogP contribution is 2.28. The largest absolute Gasteiger partial charge is 0.368 e. The van der Waals surface area contributed by atoms with Crippen LogP contribution in [0.1, 0.15) is 11.5 Å². The number of hydrogen-bond acceptors (Lipinski definition) is 4. The van der Waals surface area contributed by atoms with Gasteiger partial charge in [0.1, 0.15) is 5.69 Å². The van der Waals surface area contributed by atoms with Crippen molar-refractivity contribution in [2.75, 3.05) is 25.9 Å². The van der Waals surface area contributed by atoms with Crippen LogP contribution in [0.15, 0.2) is 34.9 Å². The first-order chi connectivity index (χ1) is 8.22. The Balaban J connectivity index is 1.80. The number of rotatable bonds is 2. The van der Waals surface area contributed by atoms with Crippen LogP contribution in [0.25, 0.3) is 11.3 Å². The average molecular weight is 229 g/mol. The third kappa shape index (κ3) is 1.91. The summed E-state index contributed by atoms with van der Waals surface area (Å²) in [7, 11) is 2.14. The molecule has 88 valence electrons. The van der Waals surface area contributed by atoms with Gasteiger partial charge in [0, 0.05) is 30.6 Å². The molecule has 0 unspecified atom stereocenters. The van der Waals surface area contributed by atoms with Gasteiger partial charge in [-0.3, -0.25) is 0 Å². The van der Waals surface area contributed by atoms with Gasteiger partial charge in [-0.15, -0.1) is 0 Å². The molecule has 2 heterocycles. The summed E-state index contributed by atoms with van der Waals surface area (Å²) in [6.45, 7) is 2.30. The first kappa shape index (κ1) is 10.4. The van der Waals surface area contributed by atoms with Gasteiger partial charge in [0.05, 0.1) is 0 Å². The van der Waals surface area contributed by atoms with Crippen molar-refractivity contribution in [1.82, 2.24) is 10.1 Å². The van der Waals surface area contributed by atoms with Gasteiger partial charge in [0.25, 0.3) is 0 Å². The number of nitrogen functional groups attached to an aromatic ring is 1. The Kier molecular flexibility index (Phi) is 2.37. The van der Waals surface area contributed by atoms with Crippen LogP contribution >= 0.6 is 0 Å². The minimum atomic E-state index is 0.352. The summed E-state index contributed by atoms with van der Waals surface area (Å²) in [6.07, 6.45) is 0. The summed E-state index contributed by atoms with van der Waals surface area (Å²) in [4.78, 5) is 2.32. The molecule has 1 saturated heterocycles. The van der Waals surface area contributed by atoms with E-state index in [4.69, 9.17) is 10.3 Å². The van der Waals surface area contributed by atoms with E-state index < -0.39 is 0 Å². The maximum absolute atomic E-state index is 5.51. The predicted molar refractivity (Wildman–Crippen MR) is 66.6 cm³/mol. The quantitative estimate of drug-likeness (QED) is 0.855. The molecule has 0 bridgehead atoms. The van der Waals surface area contributed by atoms with Gasteiger partial charge in [-0.25, -0.2) is 0 Å². The minimum absolute atomic E-state index is 0.352. The van der Waals surface area contributed by atoms with E-state index in [1.807, 2.05) is 0 Å². The van der Waals surface area contributed by atoms with Gasteiger partial charge in [-0.05, 0) is 12.6 Å². The van der Waals surface area contributed by atoms with Crippen molar-refractivity contribution >= 4 is 5.88 Å². The number of aromatic nitrogens is 1. The normalized spacial score (nSPS) is 17.0. The molecule has 3 rings (SSSR count). The second-order valence-corrected chi connectivity index (χ2v) is 4.65. The van der Waals surface area contributed by atoms with Crippen LogP contribution in [0.3, 0.4) is 0 Å². The maximum atomic E-state index is 5.51. The Morgan fingerprint density at radius 2 is 2.00 bits per heavy atom. The van der Waals surface area contributed by atoms with E-state index in [2.05, 4.69) is 41.4 Å². The molecule has 0 radical (unpaired) electrons. The molecule has 0 amide bonds. The van der Waals surface area contributed by atoms with E-state index in [0.29, 0.717) is 11.8 Å². The molecule has 1 fully saturated rings. The zero-order valence-corrected chi connectivity index (χ0v) is 9.76. The van der Waals surface area contributed by atoms with Crippen LogP contribution in [0.5, 0.6) is 0 Å². The van der Waals surface area contributed by atoms with Gasteiger partial charge in [0.15, 0.2) is 0 Å². The Morgan fingerprint density at radius 3 is 2.53 bits per heavy atom. The van der Waals surface area contributed by atoms with Gasteiger partial charge < -0.3 is 15.2 Å². The zero-order valence-electron chi connectivity index (χ0n) is 9.76. The maximum Gasteiger partial charge on any atom is 0.222 e. The highest BCUT2D eigenvalue weighted by atomic mass is 16.5. The van der Waals surface area contributed by atoms with E-state index in [0.717, 1.165) is 24.3 Å². The summed E-state index contributed by atoms with van der Waals surface area (Å²) in [5.74, 6) is 1.03. The summed E-state index contributed by atoms with van der Waals surface area (Å²) in [6, 6.07) is 10.2. The molecule has 0 aliphatic carbocycles. The number of benzene rings is 1. The van der Waals surface area contributed by atoms with Crippen molar-refractivity contribution in [3.8, 4) is 11.3 Å². The molecule has 0 saturated carbocycles. The van der Waals surface area contributed by atoms with Gasteiger partial charge >= 0.3 is 0 Å². The lowest BCUT2D eigenvalue weighted by molar-refractivity contribution is 0.190. The van der Waals surface area contributed by atoms with Crippen LogP contribution in [0, 0.1) is 0 Å². The van der Waals surface area contributed by atoms with Crippen molar-refractivity contribution in [3.63, 3.8) is 0 Å². The monoisotopic (exact) mass is 229 g/mol. The smallest absolute Gasteiger partial charge is 0.222 e. The lowest BCUT2D eigenvalue weighted by atomic mass is 9.91. The molecule has 1 aromatic heterocycles. The van der Waals surface area contributed by atoms with E-state index >= 15 is 0 Å². The highest BCUT2D eigenvalue weighted by Gasteiger charge is 2.24. The van der Waals surface area contributed by atoms with Crippen molar-refractivity contribution < 1.29 is 4.52 Å². The number of nitrogens with zero attached hydrogens (tertiary/aromatic N) is 2. The van der Waals surface area contributed by atoms with E-state index in [-0.39, 0.29) is 0 Å². The number of anilines is 1. The summed E-state index contributed by atoms with van der Waals surface area (Å²) in [5.41, 5.74) is 8.73. The first-order valence-electron chi connectivity index (χ1n) is 5.73. The minimum Gasteiger partial charge on any atom is -0.368 e. The Labute approximate surface area is 100 Å². The Bertz CT molecular complexity index is 512. The molecule has 0 spiro atoms. The van der Waals surface area contributed by atoms with Crippen molar-refractivity contribution in [2.45, 2.75) is 5.92 Å². The Hall–Kier alpha value is -1.81. The zero-order chi connectivity index (χ0) is 11.8. The third-order valence-electron chi connectivity index (χ3n) is 3.27. The molecule has 17 heavy (non-hydrogen) atoms. The second-order valence-electron chi connectivity index (χ2n) is 4.65. The first-order valence-corrected chi connectivity index (χ1v) is 5.73. The van der Waals surface area contributed by atoms with E-state index in [9.17, 15) is 0 Å². The van der Waals surface area contributed by atoms with Crippen LogP contribution in [-0.4, -0.2) is 30.2 Å². The Morgan fingerprint density at radius 1 is 1.29 bits per heavy atom. The number of likely N-dealkylation sites (tertiary alicyclic amines) is 1. The lowest BCUT2D eigenvalue weighted by Crippen LogP contribution is -2.41. The third-order valence-corrected chi connectivity index (χ3v) is 3.27. The standard InChI is InChI=1S/C13H15N3O/c1-16-7-11(8-16)9-2-4-10(5-3-9)12-6-13(14)17-15-12/h2-6,11H,7-8,14H2,1H3. The van der Waals surface area contributed by atoms with Crippen LogP contribution in [-0.2, 0) is 0 Å². The molecule has 1 aliphatic heterocycles. The molecule has 1 aromatic carbocycles. The molecule has 1 aliphatic rings. The fourth-order valence-electron chi connectivity index (χ4n) is 2.26. The molecular formula is C13H15N3O. The SMILES string of the molecule is CN1CC(c2ccc(-c3cc(N)on3)cc2)C1. The lowest BCUT2D eigenvalue weighted by Gasteiger charge is -2.36. The molecule has 2 N–H and O–H groups in total. The highest BCUT2D eigenvalue weighted by molar-refractivity contribution is 5.61. The summed E-state index contributed by atoms with van der Waals surface area (Å²) < 4.78 is 4.86. The van der Waals surface area contributed by atoms with Crippen molar-refractivity contribution in [1.29, 1.82) is 0 Å². The molecule has 4 nitrogen and oxygen atoms in total. The fraction of sp³-hybridized carbons (Fsp3) is 0.308. The summed E-state index contributed by atoms with van der Waals surface area (Å²) in [5, 5.41) is 3.90. The molecular weight excluding hydrogens is 214 g/mol. The number of hydrogen-bond donors (Lipinski definition) is 1. The molecule has 2 aromatic rings. The van der Waals surface area contributed by atoms with E-state index in [1.54, 1.807) is 6.07 Å². The van der Waals surface area contributed by atoms with Gasteiger partial charge in [-0.2, -0.15) is 0 Å². The van der Waals surface area contributed by atoms with Crippen molar-refractivity contribution in [2.24, 2.45) is 0 Å². The average Bonchev–Trinajstić information content (AvgIpc) is 2.72. The topological polar surface area (TPSA) is 55.3 Å². The van der Waals surface area contributed by atoms with Crippen molar-refractivity contribution in [3.05, 3.63) is 35.9 Å². The van der Waals surface area contributed by atoms with Crippen LogP contribution < -0.4 is 5.73 Å². The van der Waals surface area contributed by atoms with Crippen LogP contribution in [0.4, 0.5) is 5.88 Å². The second kappa shape index (κ2) is 3.89. The van der Waals surface area contributed by atoms with Gasteiger partial charge in [-0.1, -0.05) is 29.4 Å². The summed E-state index contributed by atoms with van der Waals surface area (Å²) >= 11 is 0. The molecule has 4 heteroatoms. The molecule has 0 atom stereocenters.